The fourth-order valence-corrected chi connectivity index (χ4v) is 2.59. The van der Waals surface area contributed by atoms with Gasteiger partial charge < -0.3 is 5.32 Å². The molecule has 0 aliphatic rings. The Kier molecular flexibility index (Phi) is 5.21. The third kappa shape index (κ3) is 3.11. The molecule has 0 radical (unpaired) electrons. The number of hydrogen-bond donors (Lipinski definition) is 1. The number of fused-ring (bicyclic) bond motifs is 1. The van der Waals surface area contributed by atoms with Gasteiger partial charge in [0, 0.05) is 17.1 Å². The van der Waals surface area contributed by atoms with E-state index in [1.54, 1.807) is 31.2 Å². The number of aryl methyl sites for hydroxylation is 1. The van der Waals surface area contributed by atoms with Gasteiger partial charge in [-0.2, -0.15) is 0 Å². The van der Waals surface area contributed by atoms with Gasteiger partial charge in [0.15, 0.2) is 5.82 Å². The van der Waals surface area contributed by atoms with Crippen LogP contribution in [0, 0.1) is 22.9 Å². The first-order chi connectivity index (χ1) is 11.0. The van der Waals surface area contributed by atoms with Crippen molar-refractivity contribution in [2.24, 2.45) is 0 Å². The Labute approximate surface area is 148 Å². The van der Waals surface area contributed by atoms with Crippen molar-refractivity contribution in [3.05, 3.63) is 69.1 Å². The summed E-state index contributed by atoms with van der Waals surface area (Å²) in [6.45, 7) is 1.67. The highest BCUT2D eigenvalue weighted by Gasteiger charge is 2.18. The number of anilines is 2. The minimum atomic E-state index is -0.602. The minimum absolute atomic E-state index is 0. The standard InChI is InChI=1S/C16H11ClFN3O2.ClH/c1-9-5-6-11-10(15(9)21(22)23)7-8-19-16(11)20-13-4-2-3-12(17)14(13)18;/h2-8H,1H3,(H,19,20);1H. The van der Waals surface area contributed by atoms with Gasteiger partial charge in [0.05, 0.1) is 21.0 Å². The lowest BCUT2D eigenvalue weighted by Gasteiger charge is -2.11. The number of nitrogens with zero attached hydrogens (tertiary/aromatic N) is 2. The SMILES string of the molecule is Cc1ccc2c(Nc3cccc(Cl)c3F)nccc2c1[N+](=O)[O-].Cl. The van der Waals surface area contributed by atoms with Gasteiger partial charge in [0.25, 0.3) is 5.69 Å². The number of nitrogens with one attached hydrogen (secondary N) is 1. The van der Waals surface area contributed by atoms with Crippen LogP contribution in [0.3, 0.4) is 0 Å². The molecule has 3 rings (SSSR count). The Morgan fingerprint density at radius 3 is 2.67 bits per heavy atom. The fourth-order valence-electron chi connectivity index (χ4n) is 2.42. The first-order valence-electron chi connectivity index (χ1n) is 6.73. The summed E-state index contributed by atoms with van der Waals surface area (Å²) in [7, 11) is 0. The van der Waals surface area contributed by atoms with E-state index >= 15 is 0 Å². The monoisotopic (exact) mass is 367 g/mol. The van der Waals surface area contributed by atoms with Crippen LogP contribution in [0.15, 0.2) is 42.6 Å². The van der Waals surface area contributed by atoms with E-state index in [1.165, 1.54) is 18.3 Å². The molecule has 124 valence electrons. The highest BCUT2D eigenvalue weighted by atomic mass is 35.5. The van der Waals surface area contributed by atoms with E-state index in [1.807, 2.05) is 0 Å². The van der Waals surface area contributed by atoms with Crippen LogP contribution in [0.1, 0.15) is 5.56 Å². The van der Waals surface area contributed by atoms with Crippen LogP contribution in [0.5, 0.6) is 0 Å². The van der Waals surface area contributed by atoms with Crippen LogP contribution in [-0.4, -0.2) is 9.91 Å². The molecule has 0 unspecified atom stereocenters. The summed E-state index contributed by atoms with van der Waals surface area (Å²) >= 11 is 5.76. The number of benzene rings is 2. The van der Waals surface area contributed by atoms with Gasteiger partial charge in [-0.05, 0) is 31.2 Å². The van der Waals surface area contributed by atoms with E-state index in [2.05, 4.69) is 10.3 Å². The number of aromatic nitrogens is 1. The molecule has 0 aliphatic carbocycles. The third-order valence-electron chi connectivity index (χ3n) is 3.51. The molecule has 0 saturated heterocycles. The summed E-state index contributed by atoms with van der Waals surface area (Å²) in [4.78, 5) is 15.0. The van der Waals surface area contributed by atoms with Crippen LogP contribution in [-0.2, 0) is 0 Å². The van der Waals surface area contributed by atoms with E-state index in [-0.39, 0.29) is 28.8 Å². The molecule has 0 aliphatic heterocycles. The summed E-state index contributed by atoms with van der Waals surface area (Å²) in [6.07, 6.45) is 1.44. The van der Waals surface area contributed by atoms with Crippen LogP contribution in [0.2, 0.25) is 5.02 Å². The molecule has 24 heavy (non-hydrogen) atoms. The maximum absolute atomic E-state index is 14.0. The van der Waals surface area contributed by atoms with Gasteiger partial charge in [-0.3, -0.25) is 10.1 Å². The summed E-state index contributed by atoms with van der Waals surface area (Å²) in [5.74, 6) is -0.277. The zero-order valence-corrected chi connectivity index (χ0v) is 14.0. The zero-order chi connectivity index (χ0) is 16.6. The molecule has 1 aromatic heterocycles. The van der Waals surface area contributed by atoms with Crippen molar-refractivity contribution in [1.82, 2.24) is 4.98 Å². The number of nitro groups is 1. The Hall–Kier alpha value is -2.44. The van der Waals surface area contributed by atoms with E-state index in [4.69, 9.17) is 11.6 Å². The summed E-state index contributed by atoms with van der Waals surface area (Å²) in [6, 6.07) is 9.49. The number of nitro benzene ring substituents is 1. The maximum Gasteiger partial charge on any atom is 0.280 e. The second-order valence-corrected chi connectivity index (χ2v) is 5.38. The Bertz CT molecular complexity index is 935. The largest absolute Gasteiger partial charge is 0.337 e. The molecular formula is C16H12Cl2FN3O2. The highest BCUT2D eigenvalue weighted by molar-refractivity contribution is 6.31. The lowest BCUT2D eigenvalue weighted by Crippen LogP contribution is -1.99. The van der Waals surface area contributed by atoms with Crippen molar-refractivity contribution in [3.8, 4) is 0 Å². The van der Waals surface area contributed by atoms with Crippen molar-refractivity contribution < 1.29 is 9.31 Å². The number of hydrogen-bond acceptors (Lipinski definition) is 4. The molecule has 0 atom stereocenters. The first-order valence-corrected chi connectivity index (χ1v) is 7.10. The van der Waals surface area contributed by atoms with E-state index in [0.717, 1.165) is 0 Å². The van der Waals surface area contributed by atoms with Crippen LogP contribution in [0.25, 0.3) is 10.8 Å². The van der Waals surface area contributed by atoms with Crippen molar-refractivity contribution in [2.75, 3.05) is 5.32 Å². The van der Waals surface area contributed by atoms with E-state index in [9.17, 15) is 14.5 Å². The molecule has 2 aromatic carbocycles. The number of pyridine rings is 1. The molecule has 3 aromatic rings. The second-order valence-electron chi connectivity index (χ2n) is 4.97. The predicted octanol–water partition coefficient (Wildman–Crippen LogP) is 5.41. The quantitative estimate of drug-likeness (QED) is 0.496. The van der Waals surface area contributed by atoms with Crippen LogP contribution >= 0.6 is 24.0 Å². The Morgan fingerprint density at radius 2 is 1.96 bits per heavy atom. The molecular weight excluding hydrogens is 356 g/mol. The molecule has 0 spiro atoms. The fraction of sp³-hybridized carbons (Fsp3) is 0.0625. The van der Waals surface area contributed by atoms with Crippen LogP contribution < -0.4 is 5.32 Å². The van der Waals surface area contributed by atoms with Crippen molar-refractivity contribution in [2.45, 2.75) is 6.92 Å². The van der Waals surface area contributed by atoms with Crippen LogP contribution in [0.4, 0.5) is 21.6 Å². The smallest absolute Gasteiger partial charge is 0.280 e. The summed E-state index contributed by atoms with van der Waals surface area (Å²) < 4.78 is 14.0. The van der Waals surface area contributed by atoms with Gasteiger partial charge in [-0.1, -0.05) is 23.7 Å². The number of halogens is 3. The molecule has 8 heteroatoms. The molecule has 1 heterocycles. The van der Waals surface area contributed by atoms with Gasteiger partial charge in [-0.25, -0.2) is 9.37 Å². The van der Waals surface area contributed by atoms with E-state index < -0.39 is 10.7 Å². The molecule has 1 N–H and O–H groups in total. The van der Waals surface area contributed by atoms with Crippen molar-refractivity contribution in [3.63, 3.8) is 0 Å². The predicted molar refractivity (Wildman–Crippen MR) is 95.1 cm³/mol. The molecule has 0 bridgehead atoms. The van der Waals surface area contributed by atoms with Gasteiger partial charge in [0.1, 0.15) is 5.82 Å². The number of rotatable bonds is 3. The average molecular weight is 368 g/mol. The highest BCUT2D eigenvalue weighted by Crippen LogP contribution is 2.34. The van der Waals surface area contributed by atoms with E-state index in [0.29, 0.717) is 22.2 Å². The Balaban J connectivity index is 0.00000208. The van der Waals surface area contributed by atoms with Crippen molar-refractivity contribution >= 4 is 52.0 Å². The normalized spacial score (nSPS) is 10.3. The zero-order valence-electron chi connectivity index (χ0n) is 12.4. The first kappa shape index (κ1) is 17.9. The van der Waals surface area contributed by atoms with Gasteiger partial charge >= 0.3 is 0 Å². The maximum atomic E-state index is 14.0. The minimum Gasteiger partial charge on any atom is -0.337 e. The Morgan fingerprint density at radius 1 is 1.21 bits per heavy atom. The van der Waals surface area contributed by atoms with Crippen molar-refractivity contribution in [1.29, 1.82) is 0 Å². The topological polar surface area (TPSA) is 68.1 Å². The third-order valence-corrected chi connectivity index (χ3v) is 3.80. The average Bonchev–Trinajstić information content (AvgIpc) is 2.51. The molecule has 0 fully saturated rings. The second kappa shape index (κ2) is 6.98. The summed E-state index contributed by atoms with van der Waals surface area (Å²) in [5, 5.41) is 15.1. The summed E-state index contributed by atoms with van der Waals surface area (Å²) in [5.41, 5.74) is 0.717. The molecule has 0 saturated carbocycles. The lowest BCUT2D eigenvalue weighted by molar-refractivity contribution is -0.383. The van der Waals surface area contributed by atoms with Gasteiger partial charge in [0.2, 0.25) is 0 Å². The molecule has 0 amide bonds. The molecule has 5 nitrogen and oxygen atoms in total. The lowest BCUT2D eigenvalue weighted by atomic mass is 10.1. The van der Waals surface area contributed by atoms with Gasteiger partial charge in [-0.15, -0.1) is 12.4 Å².